The van der Waals surface area contributed by atoms with Crippen LogP contribution in [0.15, 0.2) is 135 Å². The number of nitrogens with zero attached hydrogens (tertiary/aromatic N) is 5. The molecule has 246 valence electrons. The lowest BCUT2D eigenvalue weighted by Crippen LogP contribution is -2.39. The minimum Gasteiger partial charge on any atom is -0.463 e. The quantitative estimate of drug-likeness (QED) is 0.184. The van der Waals surface area contributed by atoms with Crippen molar-refractivity contribution in [2.24, 2.45) is 10.1 Å². The van der Waals surface area contributed by atoms with Crippen LogP contribution in [0.4, 0.5) is 11.4 Å². The maximum Gasteiger partial charge on any atom is 0.338 e. The number of anilines is 2. The molecule has 9 heteroatoms. The second-order valence-electron chi connectivity index (χ2n) is 12.3. The summed E-state index contributed by atoms with van der Waals surface area (Å²) >= 11 is 1.32. The molecule has 7 rings (SSSR count). The molecule has 2 atom stereocenters. The summed E-state index contributed by atoms with van der Waals surface area (Å²) in [5, 5.41) is 7.18. The monoisotopic (exact) mass is 667 g/mol. The molecule has 0 saturated heterocycles. The highest BCUT2D eigenvalue weighted by Gasteiger charge is 2.33. The van der Waals surface area contributed by atoms with Gasteiger partial charge in [0, 0.05) is 26.2 Å². The van der Waals surface area contributed by atoms with Gasteiger partial charge in [-0.2, -0.15) is 5.10 Å². The Labute approximate surface area is 289 Å². The number of hydrogen-bond donors (Lipinski definition) is 0. The number of thiazole rings is 1. The fourth-order valence-electron chi connectivity index (χ4n) is 6.42. The van der Waals surface area contributed by atoms with Crippen molar-refractivity contribution in [3.05, 3.63) is 162 Å². The molecule has 5 aromatic rings. The minimum atomic E-state index is -0.655. The van der Waals surface area contributed by atoms with Gasteiger partial charge in [0.1, 0.15) is 0 Å². The van der Waals surface area contributed by atoms with Crippen molar-refractivity contribution in [1.29, 1.82) is 0 Å². The van der Waals surface area contributed by atoms with E-state index in [2.05, 4.69) is 41.4 Å². The number of hydrazone groups is 1. The van der Waals surface area contributed by atoms with E-state index in [9.17, 15) is 9.59 Å². The van der Waals surface area contributed by atoms with E-state index in [0.717, 1.165) is 40.2 Å². The van der Waals surface area contributed by atoms with Crippen molar-refractivity contribution in [2.75, 3.05) is 30.6 Å². The summed E-state index contributed by atoms with van der Waals surface area (Å²) in [6, 6.07) is 36.2. The summed E-state index contributed by atoms with van der Waals surface area (Å²) in [4.78, 5) is 34.7. The Kier molecular flexibility index (Phi) is 8.84. The van der Waals surface area contributed by atoms with Crippen molar-refractivity contribution < 1.29 is 9.53 Å². The first kappa shape index (κ1) is 32.0. The standard InChI is InChI=1S/C40H37N5O3S/c1-5-48-39(47)36-26(2)41-40-44(37(36)30-18-22-31(23-19-30)43(3)4)38(46)35(49-40)24-27-16-20-32(21-17-27)45-34(29-14-10-7-11-15-29)25-33(42-45)28-12-8-6-9-13-28/h6-24,34,37H,5,25H2,1-4H3/t34-,37+/m1/s1. The lowest BCUT2D eigenvalue weighted by Gasteiger charge is -2.25. The Balaban J connectivity index is 1.26. The largest absolute Gasteiger partial charge is 0.463 e. The molecule has 1 aromatic heterocycles. The molecule has 2 aliphatic rings. The Morgan fingerprint density at radius 3 is 2.24 bits per heavy atom. The van der Waals surface area contributed by atoms with Gasteiger partial charge in [-0.05, 0) is 66.4 Å². The molecule has 0 bridgehead atoms. The van der Waals surface area contributed by atoms with Crippen molar-refractivity contribution in [1.82, 2.24) is 4.57 Å². The number of carbonyl (C=O) groups excluding carboxylic acids is 1. The molecule has 0 fully saturated rings. The zero-order valence-electron chi connectivity index (χ0n) is 27.9. The average Bonchev–Trinajstić information content (AvgIpc) is 3.70. The predicted octanol–water partition coefficient (Wildman–Crippen LogP) is 6.22. The second-order valence-corrected chi connectivity index (χ2v) is 13.3. The van der Waals surface area contributed by atoms with Gasteiger partial charge in [-0.25, -0.2) is 9.79 Å². The molecule has 4 aromatic carbocycles. The number of carbonyl (C=O) groups is 1. The number of hydrogen-bond acceptors (Lipinski definition) is 8. The van der Waals surface area contributed by atoms with Gasteiger partial charge in [0.2, 0.25) is 0 Å². The van der Waals surface area contributed by atoms with E-state index in [1.54, 1.807) is 18.4 Å². The van der Waals surface area contributed by atoms with E-state index >= 15 is 0 Å². The number of fused-ring (bicyclic) bond motifs is 1. The number of rotatable bonds is 8. The van der Waals surface area contributed by atoms with Crippen LogP contribution >= 0.6 is 11.3 Å². The van der Waals surface area contributed by atoms with Gasteiger partial charge in [0.15, 0.2) is 4.80 Å². The van der Waals surface area contributed by atoms with Gasteiger partial charge in [-0.3, -0.25) is 14.4 Å². The van der Waals surface area contributed by atoms with Crippen LogP contribution in [0.25, 0.3) is 6.08 Å². The zero-order valence-corrected chi connectivity index (χ0v) is 28.7. The topological polar surface area (TPSA) is 79.5 Å². The Morgan fingerprint density at radius 1 is 0.918 bits per heavy atom. The molecule has 3 heterocycles. The van der Waals surface area contributed by atoms with Crippen LogP contribution < -0.4 is 24.8 Å². The summed E-state index contributed by atoms with van der Waals surface area (Å²) in [7, 11) is 3.95. The van der Waals surface area contributed by atoms with Crippen molar-refractivity contribution in [2.45, 2.75) is 32.4 Å². The van der Waals surface area contributed by atoms with Gasteiger partial charge in [-0.1, -0.05) is 96.3 Å². The van der Waals surface area contributed by atoms with Gasteiger partial charge in [0.05, 0.1) is 45.9 Å². The zero-order chi connectivity index (χ0) is 34.1. The van der Waals surface area contributed by atoms with Crippen LogP contribution in [0.3, 0.4) is 0 Å². The fraction of sp³-hybridized carbons (Fsp3) is 0.200. The van der Waals surface area contributed by atoms with Crippen LogP contribution in [-0.4, -0.2) is 37.0 Å². The Morgan fingerprint density at radius 2 is 1.59 bits per heavy atom. The molecule has 8 nitrogen and oxygen atoms in total. The number of ether oxygens (including phenoxy) is 1. The molecule has 0 radical (unpaired) electrons. The molecule has 2 aliphatic heterocycles. The Bertz CT molecular complexity index is 2240. The number of allylic oxidation sites excluding steroid dienone is 1. The van der Waals surface area contributed by atoms with Crippen LogP contribution in [0, 0.1) is 0 Å². The highest BCUT2D eigenvalue weighted by atomic mass is 32.1. The fourth-order valence-corrected chi connectivity index (χ4v) is 7.47. The molecule has 0 saturated carbocycles. The summed E-state index contributed by atoms with van der Waals surface area (Å²) in [5.74, 6) is -0.468. The molecule has 0 spiro atoms. The molecule has 0 amide bonds. The maximum absolute atomic E-state index is 14.1. The van der Waals surface area contributed by atoms with Gasteiger partial charge in [0.25, 0.3) is 5.56 Å². The average molecular weight is 668 g/mol. The smallest absolute Gasteiger partial charge is 0.338 e. The van der Waals surface area contributed by atoms with Crippen molar-refractivity contribution >= 4 is 40.5 Å². The SMILES string of the molecule is CCOC(=O)C1=C(C)N=c2sc(=Cc3ccc(N4N=C(c5ccccc5)C[C@@H]4c4ccccc4)cc3)c(=O)n2[C@H]1c1ccc(N(C)C)cc1. The highest BCUT2D eigenvalue weighted by molar-refractivity contribution is 7.07. The van der Waals surface area contributed by atoms with E-state index < -0.39 is 12.0 Å². The van der Waals surface area contributed by atoms with Gasteiger partial charge >= 0.3 is 5.97 Å². The molecule has 49 heavy (non-hydrogen) atoms. The Hall–Kier alpha value is -5.54. The third kappa shape index (κ3) is 6.25. The predicted molar refractivity (Wildman–Crippen MR) is 197 cm³/mol. The normalized spacial score (nSPS) is 17.4. The minimum absolute atomic E-state index is 0.0644. The van der Waals surface area contributed by atoms with Crippen LogP contribution in [0.5, 0.6) is 0 Å². The van der Waals surface area contributed by atoms with Crippen LogP contribution in [0.1, 0.15) is 54.6 Å². The number of aromatic nitrogens is 1. The third-order valence-electron chi connectivity index (χ3n) is 8.90. The maximum atomic E-state index is 14.1. The highest BCUT2D eigenvalue weighted by Crippen LogP contribution is 2.37. The van der Waals surface area contributed by atoms with E-state index in [1.807, 2.05) is 97.9 Å². The summed E-state index contributed by atoms with van der Waals surface area (Å²) < 4.78 is 7.61. The van der Waals surface area contributed by atoms with Crippen LogP contribution in [0.2, 0.25) is 0 Å². The third-order valence-corrected chi connectivity index (χ3v) is 9.88. The molecule has 0 unspecified atom stereocenters. The first-order valence-corrected chi connectivity index (χ1v) is 17.2. The first-order chi connectivity index (χ1) is 23.8. The van der Waals surface area contributed by atoms with Gasteiger partial charge < -0.3 is 9.64 Å². The molecule has 0 N–H and O–H groups in total. The van der Waals surface area contributed by atoms with Crippen molar-refractivity contribution in [3.8, 4) is 0 Å². The second kappa shape index (κ2) is 13.5. The van der Waals surface area contributed by atoms with Gasteiger partial charge in [-0.15, -0.1) is 0 Å². The molecular weight excluding hydrogens is 631 g/mol. The van der Waals surface area contributed by atoms with Crippen LogP contribution in [-0.2, 0) is 9.53 Å². The van der Waals surface area contributed by atoms with E-state index in [0.29, 0.717) is 20.6 Å². The van der Waals surface area contributed by atoms with E-state index in [4.69, 9.17) is 14.8 Å². The number of esters is 1. The lowest BCUT2D eigenvalue weighted by molar-refractivity contribution is -0.139. The number of benzene rings is 4. The first-order valence-electron chi connectivity index (χ1n) is 16.4. The van der Waals surface area contributed by atoms with Crippen molar-refractivity contribution in [3.63, 3.8) is 0 Å². The van der Waals surface area contributed by atoms with E-state index in [1.165, 1.54) is 16.9 Å². The molecular formula is C40H37N5O3S. The van der Waals surface area contributed by atoms with E-state index in [-0.39, 0.29) is 18.2 Å². The summed E-state index contributed by atoms with van der Waals surface area (Å²) in [6.07, 6.45) is 2.68. The lowest BCUT2D eigenvalue weighted by atomic mass is 9.95. The summed E-state index contributed by atoms with van der Waals surface area (Å²) in [6.45, 7) is 3.80. The summed E-state index contributed by atoms with van der Waals surface area (Å²) in [5.41, 5.74) is 7.75. The molecule has 0 aliphatic carbocycles.